The molecule has 0 atom stereocenters. The van der Waals surface area contributed by atoms with E-state index in [0.29, 0.717) is 0 Å². The van der Waals surface area contributed by atoms with E-state index in [0.717, 1.165) is 84.0 Å². The fourth-order valence-electron chi connectivity index (χ4n) is 4.45. The molecule has 2 aromatic heterocycles. The quantitative estimate of drug-likeness (QED) is 0.412. The Morgan fingerprint density at radius 1 is 1.11 bits per heavy atom. The number of rotatable bonds is 6. The average molecular weight is 566 g/mol. The largest absolute Gasteiger partial charge is 0.481 e. The van der Waals surface area contributed by atoms with Crippen LogP contribution >= 0.6 is 27.5 Å². The van der Waals surface area contributed by atoms with Gasteiger partial charge in [-0.3, -0.25) is 9.89 Å². The predicted molar refractivity (Wildman–Crippen MR) is 143 cm³/mol. The Morgan fingerprint density at radius 3 is 2.51 bits per heavy atom. The van der Waals surface area contributed by atoms with Gasteiger partial charge in [0.25, 0.3) is 5.97 Å². The summed E-state index contributed by atoms with van der Waals surface area (Å²) in [5, 5.41) is 19.8. The molecule has 2 fully saturated rings. The second kappa shape index (κ2) is 11.9. The number of carbonyl (C=O) groups is 1. The molecule has 3 N–H and O–H groups in total. The topological polar surface area (TPSA) is 114 Å². The number of nitrogens with zero attached hydrogens (tertiary/aromatic N) is 6. The van der Waals surface area contributed by atoms with Crippen LogP contribution in [0.15, 0.2) is 29.1 Å². The van der Waals surface area contributed by atoms with Crippen molar-refractivity contribution in [3.05, 3.63) is 34.2 Å². The number of nitrogens with one attached hydrogen (secondary N) is 2. The third kappa shape index (κ3) is 6.74. The molecule has 0 unspecified atom stereocenters. The molecule has 12 heteroatoms. The third-order valence-corrected chi connectivity index (χ3v) is 6.87. The van der Waals surface area contributed by atoms with E-state index in [2.05, 4.69) is 68.2 Å². The standard InChI is InChI=1S/C21H26BrClN8.C2H4O2/c22-19-18-20(28-27-19)25-14-26-21(18)31-9-7-30(8-10-31)17-12-15(23)11-16(13-17)24-3-6-29-4-1-2-5-29;1-2(3)4/h11-14,24H,1-10H2,(H,25,26,27,28);1H3,(H,3,4). The van der Waals surface area contributed by atoms with E-state index in [1.165, 1.54) is 25.9 Å². The molecule has 35 heavy (non-hydrogen) atoms. The van der Waals surface area contributed by atoms with Gasteiger partial charge in [0.05, 0.1) is 5.39 Å². The predicted octanol–water partition coefficient (Wildman–Crippen LogP) is 3.69. The van der Waals surface area contributed by atoms with Crippen molar-refractivity contribution in [2.45, 2.75) is 19.8 Å². The molecule has 2 saturated heterocycles. The Hall–Kier alpha value is -2.63. The third-order valence-electron chi connectivity index (χ3n) is 6.08. The lowest BCUT2D eigenvalue weighted by Gasteiger charge is -2.37. The minimum Gasteiger partial charge on any atom is -0.481 e. The summed E-state index contributed by atoms with van der Waals surface area (Å²) in [6, 6.07) is 6.28. The van der Waals surface area contributed by atoms with E-state index < -0.39 is 5.97 Å². The lowest BCUT2D eigenvalue weighted by molar-refractivity contribution is -0.134. The second-order valence-electron chi connectivity index (χ2n) is 8.60. The summed E-state index contributed by atoms with van der Waals surface area (Å²) in [5.74, 6) is 0.0839. The molecule has 10 nitrogen and oxygen atoms in total. The summed E-state index contributed by atoms with van der Waals surface area (Å²) in [6.07, 6.45) is 4.24. The van der Waals surface area contributed by atoms with Crippen LogP contribution in [0.4, 0.5) is 17.2 Å². The molecular weight excluding hydrogens is 536 g/mol. The van der Waals surface area contributed by atoms with Gasteiger partial charge in [0.2, 0.25) is 0 Å². The number of H-pyrrole nitrogens is 1. The van der Waals surface area contributed by atoms with Crippen LogP contribution in [0, 0.1) is 0 Å². The minimum atomic E-state index is -0.833. The Morgan fingerprint density at radius 2 is 1.80 bits per heavy atom. The number of halogens is 2. The maximum Gasteiger partial charge on any atom is 0.300 e. The maximum absolute atomic E-state index is 9.00. The Kier molecular flexibility index (Phi) is 8.64. The molecule has 0 saturated carbocycles. The van der Waals surface area contributed by atoms with Gasteiger partial charge in [-0.15, -0.1) is 0 Å². The molecule has 2 aliphatic heterocycles. The van der Waals surface area contributed by atoms with Crippen molar-refractivity contribution in [2.24, 2.45) is 0 Å². The fourth-order valence-corrected chi connectivity index (χ4v) is 5.13. The van der Waals surface area contributed by atoms with Gasteiger partial charge in [-0.2, -0.15) is 5.10 Å². The Bertz CT molecular complexity index is 1140. The summed E-state index contributed by atoms with van der Waals surface area (Å²) < 4.78 is 0.750. The number of anilines is 3. The van der Waals surface area contributed by atoms with Crippen LogP contribution in [0.2, 0.25) is 5.02 Å². The normalized spacial score (nSPS) is 16.3. The number of likely N-dealkylation sites (tertiary alicyclic amines) is 1. The fraction of sp³-hybridized carbons (Fsp3) is 0.478. The van der Waals surface area contributed by atoms with Crippen molar-refractivity contribution in [1.82, 2.24) is 25.1 Å². The van der Waals surface area contributed by atoms with E-state index >= 15 is 0 Å². The molecule has 188 valence electrons. The highest BCUT2D eigenvalue weighted by Crippen LogP contribution is 2.31. The average Bonchev–Trinajstić information content (AvgIpc) is 3.48. The summed E-state index contributed by atoms with van der Waals surface area (Å²) in [7, 11) is 0. The zero-order valence-corrected chi connectivity index (χ0v) is 22.0. The Labute approximate surface area is 217 Å². The zero-order chi connectivity index (χ0) is 24.8. The molecule has 0 bridgehead atoms. The highest BCUT2D eigenvalue weighted by molar-refractivity contribution is 9.10. The molecule has 0 aliphatic carbocycles. The van der Waals surface area contributed by atoms with Gasteiger partial charge in [-0.05, 0) is 60.1 Å². The molecule has 0 radical (unpaired) electrons. The molecule has 3 aromatic rings. The van der Waals surface area contributed by atoms with Gasteiger partial charge in [0.1, 0.15) is 16.7 Å². The number of carboxylic acid groups (broad SMARTS) is 1. The number of benzene rings is 1. The summed E-state index contributed by atoms with van der Waals surface area (Å²) in [4.78, 5) is 25.0. The number of aromatic amines is 1. The van der Waals surface area contributed by atoms with Crippen LogP contribution in [0.25, 0.3) is 11.0 Å². The first-order valence-electron chi connectivity index (χ1n) is 11.7. The molecule has 0 amide bonds. The number of hydrogen-bond donors (Lipinski definition) is 3. The van der Waals surface area contributed by atoms with Gasteiger partial charge in [-0.1, -0.05) is 11.6 Å². The van der Waals surface area contributed by atoms with Gasteiger partial charge in [-0.25, -0.2) is 9.97 Å². The van der Waals surface area contributed by atoms with E-state index in [4.69, 9.17) is 21.5 Å². The highest BCUT2D eigenvalue weighted by atomic mass is 79.9. The maximum atomic E-state index is 9.00. The number of aromatic nitrogens is 4. The molecule has 0 spiro atoms. The first kappa shape index (κ1) is 25.5. The summed E-state index contributed by atoms with van der Waals surface area (Å²) in [5.41, 5.74) is 3.00. The second-order valence-corrected chi connectivity index (χ2v) is 9.79. The number of carboxylic acids is 1. The van der Waals surface area contributed by atoms with Crippen LogP contribution in [0.3, 0.4) is 0 Å². The van der Waals surface area contributed by atoms with Crippen LogP contribution in [0.1, 0.15) is 19.8 Å². The molecular formula is C23H30BrClN8O2. The van der Waals surface area contributed by atoms with E-state index in [-0.39, 0.29) is 0 Å². The van der Waals surface area contributed by atoms with Gasteiger partial charge >= 0.3 is 0 Å². The SMILES string of the molecule is CC(=O)O.Clc1cc(NCCN2CCCC2)cc(N2CCN(c3ncnc4[nH]nc(Br)c34)CC2)c1. The van der Waals surface area contributed by atoms with E-state index in [9.17, 15) is 0 Å². The number of piperazine rings is 1. The van der Waals surface area contributed by atoms with Crippen molar-refractivity contribution in [3.63, 3.8) is 0 Å². The van der Waals surface area contributed by atoms with E-state index in [1.807, 2.05) is 6.07 Å². The highest BCUT2D eigenvalue weighted by Gasteiger charge is 2.22. The monoisotopic (exact) mass is 564 g/mol. The lowest BCUT2D eigenvalue weighted by atomic mass is 10.2. The van der Waals surface area contributed by atoms with Crippen molar-refractivity contribution in [2.75, 3.05) is 67.5 Å². The molecule has 1 aromatic carbocycles. The lowest BCUT2D eigenvalue weighted by Crippen LogP contribution is -2.47. The minimum absolute atomic E-state index is 0.749. The zero-order valence-electron chi connectivity index (χ0n) is 19.7. The van der Waals surface area contributed by atoms with Crippen molar-refractivity contribution in [3.8, 4) is 0 Å². The number of aliphatic carboxylic acids is 1. The number of hydrogen-bond acceptors (Lipinski definition) is 8. The molecule has 4 heterocycles. The summed E-state index contributed by atoms with van der Waals surface area (Å²) in [6.45, 7) is 9.08. The first-order valence-corrected chi connectivity index (χ1v) is 12.9. The molecule has 2 aliphatic rings. The van der Waals surface area contributed by atoms with E-state index in [1.54, 1.807) is 6.33 Å². The van der Waals surface area contributed by atoms with Crippen molar-refractivity contribution < 1.29 is 9.90 Å². The van der Waals surface area contributed by atoms with Gasteiger partial charge < -0.3 is 25.1 Å². The molecule has 5 rings (SSSR count). The Balaban J connectivity index is 0.000000672. The van der Waals surface area contributed by atoms with Crippen molar-refractivity contribution in [1.29, 1.82) is 0 Å². The first-order chi connectivity index (χ1) is 16.9. The van der Waals surface area contributed by atoms with Crippen LogP contribution in [0.5, 0.6) is 0 Å². The van der Waals surface area contributed by atoms with Gasteiger partial charge in [0.15, 0.2) is 5.65 Å². The smallest absolute Gasteiger partial charge is 0.300 e. The summed E-state index contributed by atoms with van der Waals surface area (Å²) >= 11 is 9.96. The van der Waals surface area contributed by atoms with Crippen LogP contribution in [-0.4, -0.2) is 88.5 Å². The van der Waals surface area contributed by atoms with Crippen LogP contribution in [-0.2, 0) is 4.79 Å². The number of fused-ring (bicyclic) bond motifs is 1. The van der Waals surface area contributed by atoms with Crippen LogP contribution < -0.4 is 15.1 Å². The van der Waals surface area contributed by atoms with Gasteiger partial charge in [0, 0.05) is 62.6 Å². The van der Waals surface area contributed by atoms with Crippen molar-refractivity contribution >= 4 is 61.7 Å².